The molecule has 0 aliphatic rings. The molecule has 0 saturated heterocycles. The number of Topliss-reactive ketones (excluding diaryl/α,β-unsaturated/α-hetero) is 1. The van der Waals surface area contributed by atoms with E-state index >= 15 is 0 Å². The number of H-pyrrole nitrogens is 2. The van der Waals surface area contributed by atoms with Crippen molar-refractivity contribution in [3.8, 4) is 17.0 Å². The van der Waals surface area contributed by atoms with Crippen molar-refractivity contribution in [2.24, 2.45) is 0 Å². The van der Waals surface area contributed by atoms with Gasteiger partial charge in [-0.15, -0.1) is 0 Å². The molecule has 0 radical (unpaired) electrons. The monoisotopic (exact) mass is 598 g/mol. The summed E-state index contributed by atoms with van der Waals surface area (Å²) in [4.78, 5) is 37.0. The minimum Gasteiger partial charge on any atom is -0.497 e. The van der Waals surface area contributed by atoms with Gasteiger partial charge in [0.05, 0.1) is 37.2 Å². The van der Waals surface area contributed by atoms with E-state index in [9.17, 15) is 13.8 Å². The van der Waals surface area contributed by atoms with E-state index in [4.69, 9.17) is 9.72 Å². The van der Waals surface area contributed by atoms with Gasteiger partial charge >= 0.3 is 0 Å². The van der Waals surface area contributed by atoms with Gasteiger partial charge in [-0.25, -0.2) is 4.98 Å². The van der Waals surface area contributed by atoms with E-state index in [0.717, 1.165) is 63.8 Å². The normalized spacial score (nSPS) is 12.8. The lowest BCUT2D eigenvalue weighted by atomic mass is 10.0. The number of hydrogen-bond acceptors (Lipinski definition) is 5. The number of unbranched alkanes of at least 4 members (excludes halogenated alkanes) is 2. The summed E-state index contributed by atoms with van der Waals surface area (Å²) < 4.78 is 16.7. The van der Waals surface area contributed by atoms with Crippen molar-refractivity contribution in [2.75, 3.05) is 19.1 Å². The number of benzene rings is 3. The molecule has 0 aliphatic carbocycles. The predicted octanol–water partition coefficient (Wildman–Crippen LogP) is 6.33. The number of aromatic amines is 2. The van der Waals surface area contributed by atoms with Crippen molar-refractivity contribution in [2.45, 2.75) is 51.5 Å². The van der Waals surface area contributed by atoms with Gasteiger partial charge in [-0.2, -0.15) is 0 Å². The Morgan fingerprint density at radius 3 is 2.60 bits per heavy atom. The Morgan fingerprint density at radius 1 is 1.00 bits per heavy atom. The zero-order valence-electron chi connectivity index (χ0n) is 24.9. The van der Waals surface area contributed by atoms with E-state index in [1.54, 1.807) is 13.4 Å². The van der Waals surface area contributed by atoms with Crippen molar-refractivity contribution in [1.29, 1.82) is 0 Å². The maximum atomic E-state index is 13.5. The van der Waals surface area contributed by atoms with E-state index in [0.29, 0.717) is 18.7 Å². The van der Waals surface area contributed by atoms with E-state index in [-0.39, 0.29) is 29.9 Å². The third kappa shape index (κ3) is 7.59. The van der Waals surface area contributed by atoms with Crippen molar-refractivity contribution in [1.82, 2.24) is 20.3 Å². The molecule has 2 aromatic heterocycles. The summed E-state index contributed by atoms with van der Waals surface area (Å²) in [5.41, 5.74) is 4.76. The molecular weight excluding hydrogens is 560 g/mol. The highest BCUT2D eigenvalue weighted by Gasteiger charge is 2.21. The van der Waals surface area contributed by atoms with Crippen LogP contribution in [0.5, 0.6) is 5.75 Å². The smallest absolute Gasteiger partial charge is 0.225 e. The Bertz CT molecular complexity index is 1770. The molecule has 2 atom stereocenters. The second-order valence-corrected chi connectivity index (χ2v) is 12.5. The molecular formula is C34H38N4O4S. The van der Waals surface area contributed by atoms with Crippen LogP contribution in [0.25, 0.3) is 32.9 Å². The van der Waals surface area contributed by atoms with Crippen molar-refractivity contribution in [3.05, 3.63) is 83.9 Å². The standard InChI is InChI=1S/C34H38N4O4S/c1-22-28(29-18-27(42-2)15-16-30(29)36-22)19-33(40)37-31(12-6-4-5-11-26(39)21-43(3)41)34-35-20-32(38-34)25-14-13-23-9-7-8-10-24(23)17-25/h7-10,13-18,20,31,36H,4-6,11-12,19,21H2,1-3H3,(H,35,38)(H,37,40)/t31-,43?/m0/s1. The first kappa shape index (κ1) is 30.2. The number of aromatic nitrogens is 3. The van der Waals surface area contributed by atoms with Gasteiger partial charge in [-0.1, -0.05) is 49.2 Å². The average Bonchev–Trinajstić information content (AvgIpc) is 3.60. The zero-order chi connectivity index (χ0) is 30.3. The van der Waals surface area contributed by atoms with Crippen LogP contribution in [-0.2, 0) is 26.8 Å². The van der Waals surface area contributed by atoms with E-state index in [2.05, 4.69) is 45.6 Å². The van der Waals surface area contributed by atoms with Crippen LogP contribution in [0.4, 0.5) is 0 Å². The molecule has 1 unspecified atom stereocenters. The lowest BCUT2D eigenvalue weighted by Gasteiger charge is -2.17. The molecule has 5 aromatic rings. The van der Waals surface area contributed by atoms with Gasteiger partial charge in [0.2, 0.25) is 5.91 Å². The fourth-order valence-corrected chi connectivity index (χ4v) is 6.16. The fraction of sp³-hybridized carbons (Fsp3) is 0.324. The van der Waals surface area contributed by atoms with Gasteiger partial charge in [0.25, 0.3) is 0 Å². The highest BCUT2D eigenvalue weighted by atomic mass is 32.2. The van der Waals surface area contributed by atoms with Gasteiger partial charge < -0.3 is 20.0 Å². The Morgan fingerprint density at radius 2 is 1.81 bits per heavy atom. The lowest BCUT2D eigenvalue weighted by molar-refractivity contribution is -0.121. The first-order valence-corrected chi connectivity index (χ1v) is 16.3. The highest BCUT2D eigenvalue weighted by Crippen LogP contribution is 2.28. The number of methoxy groups -OCH3 is 1. The van der Waals surface area contributed by atoms with Crippen LogP contribution in [0, 0.1) is 6.92 Å². The van der Waals surface area contributed by atoms with Crippen molar-refractivity contribution in [3.63, 3.8) is 0 Å². The molecule has 0 aliphatic heterocycles. The molecule has 0 saturated carbocycles. The maximum Gasteiger partial charge on any atom is 0.225 e. The third-order valence-corrected chi connectivity index (χ3v) is 8.53. The SMILES string of the molecule is COc1ccc2[nH]c(C)c(CC(=O)N[C@@H](CCCCCC(=O)CS(C)=O)c3ncc(-c4ccc5ccccc5c4)[nH]3)c2c1. The van der Waals surface area contributed by atoms with Crippen molar-refractivity contribution >= 4 is 44.2 Å². The molecule has 43 heavy (non-hydrogen) atoms. The van der Waals surface area contributed by atoms with Gasteiger partial charge in [0.1, 0.15) is 17.4 Å². The molecule has 0 spiro atoms. The second kappa shape index (κ2) is 13.8. The fourth-order valence-electron chi connectivity index (χ4n) is 5.56. The molecule has 5 rings (SSSR count). The van der Waals surface area contributed by atoms with Crippen LogP contribution in [0.2, 0.25) is 0 Å². The van der Waals surface area contributed by atoms with Crippen LogP contribution in [-0.4, -0.2) is 50.0 Å². The lowest BCUT2D eigenvalue weighted by Crippen LogP contribution is -2.30. The maximum absolute atomic E-state index is 13.5. The number of carbonyl (C=O) groups is 2. The second-order valence-electron chi connectivity index (χ2n) is 11.0. The number of fused-ring (bicyclic) bond motifs is 2. The topological polar surface area (TPSA) is 117 Å². The quantitative estimate of drug-likeness (QED) is 0.129. The average molecular weight is 599 g/mol. The Hall–Kier alpha value is -4.24. The van der Waals surface area contributed by atoms with Gasteiger partial charge in [-0.05, 0) is 60.4 Å². The number of amides is 1. The molecule has 8 nitrogen and oxygen atoms in total. The number of hydrogen-bond donors (Lipinski definition) is 3. The Labute approximate surface area is 254 Å². The molecule has 0 bridgehead atoms. The molecule has 1 amide bonds. The summed E-state index contributed by atoms with van der Waals surface area (Å²) >= 11 is 0. The summed E-state index contributed by atoms with van der Waals surface area (Å²) in [5.74, 6) is 1.49. The Balaban J connectivity index is 1.32. The minimum absolute atomic E-state index is 0.0301. The minimum atomic E-state index is -1.11. The zero-order valence-corrected chi connectivity index (χ0v) is 25.7. The molecule has 3 aromatic carbocycles. The molecule has 3 N–H and O–H groups in total. The largest absolute Gasteiger partial charge is 0.497 e. The first-order chi connectivity index (χ1) is 20.8. The number of ketones is 1. The van der Waals surface area contributed by atoms with E-state index in [1.807, 2.05) is 43.5 Å². The van der Waals surface area contributed by atoms with Gasteiger partial charge in [0, 0.05) is 45.6 Å². The van der Waals surface area contributed by atoms with Crippen LogP contribution in [0.3, 0.4) is 0 Å². The van der Waals surface area contributed by atoms with Gasteiger partial charge in [-0.3, -0.25) is 13.8 Å². The third-order valence-electron chi connectivity index (χ3n) is 7.80. The number of carbonyl (C=O) groups excluding carboxylic acids is 2. The van der Waals surface area contributed by atoms with E-state index < -0.39 is 10.8 Å². The van der Waals surface area contributed by atoms with Crippen LogP contribution in [0.15, 0.2) is 66.9 Å². The predicted molar refractivity (Wildman–Crippen MR) is 173 cm³/mol. The number of aryl methyl sites for hydroxylation is 1. The number of nitrogens with one attached hydrogen (secondary N) is 3. The summed E-state index contributed by atoms with van der Waals surface area (Å²) in [7, 11) is 0.524. The first-order valence-electron chi connectivity index (χ1n) is 14.6. The van der Waals surface area contributed by atoms with Crippen LogP contribution < -0.4 is 10.1 Å². The summed E-state index contributed by atoms with van der Waals surface area (Å²) in [6.07, 6.45) is 7.05. The molecule has 2 heterocycles. The van der Waals surface area contributed by atoms with Gasteiger partial charge in [0.15, 0.2) is 0 Å². The highest BCUT2D eigenvalue weighted by molar-refractivity contribution is 7.85. The summed E-state index contributed by atoms with van der Waals surface area (Å²) in [5, 5.41) is 6.52. The van der Waals surface area contributed by atoms with Crippen LogP contribution >= 0.6 is 0 Å². The summed E-state index contributed by atoms with van der Waals surface area (Å²) in [6.45, 7) is 1.98. The molecule has 224 valence electrons. The number of nitrogens with zero attached hydrogens (tertiary/aromatic N) is 1. The number of rotatable bonds is 14. The van der Waals surface area contributed by atoms with Crippen LogP contribution in [0.1, 0.15) is 55.2 Å². The molecule has 9 heteroatoms. The molecule has 0 fully saturated rings. The number of ether oxygens (including phenoxy) is 1. The van der Waals surface area contributed by atoms with E-state index in [1.165, 1.54) is 5.39 Å². The Kier molecular flexibility index (Phi) is 9.72. The number of imidazole rings is 1. The van der Waals surface area contributed by atoms with Crippen molar-refractivity contribution < 1.29 is 18.5 Å². The summed E-state index contributed by atoms with van der Waals surface area (Å²) in [6, 6.07) is 20.0.